The summed E-state index contributed by atoms with van der Waals surface area (Å²) in [6.45, 7) is 1.23. The number of phenols is 1. The molecule has 1 unspecified atom stereocenters. The van der Waals surface area contributed by atoms with Crippen LogP contribution in [0.15, 0.2) is 22.7 Å². The van der Waals surface area contributed by atoms with E-state index >= 15 is 0 Å². The van der Waals surface area contributed by atoms with E-state index < -0.39 is 11.6 Å². The van der Waals surface area contributed by atoms with Gasteiger partial charge in [-0.25, -0.2) is 4.79 Å². The number of benzene rings is 1. The molecule has 1 atom stereocenters. The number of carboxylic acid groups (broad SMARTS) is 1. The van der Waals surface area contributed by atoms with Crippen molar-refractivity contribution in [1.82, 2.24) is 0 Å². The molecule has 0 fully saturated rings. The lowest BCUT2D eigenvalue weighted by molar-refractivity contribution is -0.156. The van der Waals surface area contributed by atoms with E-state index in [0.717, 1.165) is 0 Å². The largest absolute Gasteiger partial charge is 0.507 e. The smallest absolute Gasteiger partial charge is 0.335 e. The summed E-state index contributed by atoms with van der Waals surface area (Å²) < 4.78 is 0.473. The molecular weight excluding hydrogens is 264 g/mol. The third kappa shape index (κ3) is 2.94. The predicted molar refractivity (Wildman–Crippen MR) is 57.8 cm³/mol. The second-order valence-corrected chi connectivity index (χ2v) is 4.40. The summed E-state index contributed by atoms with van der Waals surface area (Å²) in [5.74, 6) is -1.19. The van der Waals surface area contributed by atoms with Crippen molar-refractivity contribution in [3.63, 3.8) is 0 Å². The van der Waals surface area contributed by atoms with Crippen LogP contribution in [-0.2, 0) is 11.2 Å². The van der Waals surface area contributed by atoms with E-state index in [9.17, 15) is 15.0 Å². The standard InChI is InChI=1S/C10H11BrO4/c1-10(15,9(13)14)5-6-2-3-8(12)7(11)4-6/h2-4,12,15H,5H2,1H3,(H,13,14). The second kappa shape index (κ2) is 4.20. The summed E-state index contributed by atoms with van der Waals surface area (Å²) >= 11 is 3.11. The number of carbonyl (C=O) groups is 1. The van der Waals surface area contributed by atoms with Crippen LogP contribution in [0.25, 0.3) is 0 Å². The van der Waals surface area contributed by atoms with Crippen molar-refractivity contribution in [1.29, 1.82) is 0 Å². The Morgan fingerprint density at radius 2 is 2.13 bits per heavy atom. The molecule has 1 rings (SSSR count). The van der Waals surface area contributed by atoms with Gasteiger partial charge < -0.3 is 15.3 Å². The zero-order chi connectivity index (χ0) is 11.6. The lowest BCUT2D eigenvalue weighted by Crippen LogP contribution is -2.37. The Balaban J connectivity index is 2.91. The van der Waals surface area contributed by atoms with Crippen LogP contribution in [0.5, 0.6) is 5.75 Å². The minimum absolute atomic E-state index is 0.0127. The Kier molecular flexibility index (Phi) is 3.36. The number of rotatable bonds is 3. The van der Waals surface area contributed by atoms with Gasteiger partial charge in [-0.15, -0.1) is 0 Å². The van der Waals surface area contributed by atoms with Gasteiger partial charge >= 0.3 is 5.97 Å². The van der Waals surface area contributed by atoms with Crippen LogP contribution in [0.1, 0.15) is 12.5 Å². The third-order valence-electron chi connectivity index (χ3n) is 2.02. The van der Waals surface area contributed by atoms with Gasteiger partial charge in [0.25, 0.3) is 0 Å². The number of phenolic OH excluding ortho intramolecular Hbond substituents is 1. The van der Waals surface area contributed by atoms with Gasteiger partial charge in [-0.05, 0) is 40.5 Å². The number of aromatic hydroxyl groups is 1. The first kappa shape index (κ1) is 12.0. The normalized spacial score (nSPS) is 14.6. The molecule has 0 amide bonds. The molecule has 0 saturated heterocycles. The van der Waals surface area contributed by atoms with Crippen molar-refractivity contribution in [2.24, 2.45) is 0 Å². The Hall–Kier alpha value is -1.07. The second-order valence-electron chi connectivity index (χ2n) is 3.54. The number of aliphatic hydroxyl groups is 1. The Morgan fingerprint density at radius 3 is 2.60 bits per heavy atom. The highest BCUT2D eigenvalue weighted by Gasteiger charge is 2.30. The molecule has 5 heteroatoms. The first-order valence-electron chi connectivity index (χ1n) is 4.26. The molecule has 0 aromatic heterocycles. The summed E-state index contributed by atoms with van der Waals surface area (Å²) in [4.78, 5) is 10.7. The van der Waals surface area contributed by atoms with Gasteiger partial charge in [-0.1, -0.05) is 6.07 Å². The average Bonchev–Trinajstić information content (AvgIpc) is 2.10. The molecule has 0 bridgehead atoms. The van der Waals surface area contributed by atoms with Crippen LogP contribution >= 0.6 is 15.9 Å². The van der Waals surface area contributed by atoms with Gasteiger partial charge in [0.1, 0.15) is 5.75 Å². The molecule has 0 saturated carbocycles. The number of aliphatic carboxylic acids is 1. The van der Waals surface area contributed by atoms with Gasteiger partial charge in [0.2, 0.25) is 0 Å². The van der Waals surface area contributed by atoms with E-state index in [1.54, 1.807) is 12.1 Å². The number of halogens is 1. The van der Waals surface area contributed by atoms with Crippen molar-refractivity contribution in [3.8, 4) is 5.75 Å². The lowest BCUT2D eigenvalue weighted by Gasteiger charge is -2.17. The van der Waals surface area contributed by atoms with Crippen LogP contribution in [0.4, 0.5) is 0 Å². The average molecular weight is 275 g/mol. The number of carboxylic acids is 1. The van der Waals surface area contributed by atoms with Gasteiger partial charge in [0, 0.05) is 6.42 Å². The van der Waals surface area contributed by atoms with Crippen LogP contribution in [-0.4, -0.2) is 26.9 Å². The molecule has 15 heavy (non-hydrogen) atoms. The fourth-order valence-corrected chi connectivity index (χ4v) is 1.56. The molecule has 3 N–H and O–H groups in total. The maximum absolute atomic E-state index is 10.7. The molecule has 0 aliphatic rings. The fourth-order valence-electron chi connectivity index (χ4n) is 1.13. The molecule has 1 aromatic rings. The Morgan fingerprint density at radius 1 is 1.53 bits per heavy atom. The summed E-state index contributed by atoms with van der Waals surface area (Å²) in [6, 6.07) is 4.58. The van der Waals surface area contributed by atoms with Gasteiger partial charge in [0.15, 0.2) is 5.60 Å². The third-order valence-corrected chi connectivity index (χ3v) is 2.66. The number of hydrogen-bond donors (Lipinski definition) is 3. The Bertz CT molecular complexity index is 387. The molecule has 0 aliphatic heterocycles. The highest BCUT2D eigenvalue weighted by molar-refractivity contribution is 9.10. The zero-order valence-electron chi connectivity index (χ0n) is 8.07. The van der Waals surface area contributed by atoms with Gasteiger partial charge in [-0.2, -0.15) is 0 Å². The monoisotopic (exact) mass is 274 g/mol. The summed E-state index contributed by atoms with van der Waals surface area (Å²) in [6.07, 6.45) is -0.0127. The van der Waals surface area contributed by atoms with Crippen LogP contribution in [0.2, 0.25) is 0 Å². The molecule has 0 aliphatic carbocycles. The maximum Gasteiger partial charge on any atom is 0.335 e. The molecule has 0 spiro atoms. The van der Waals surface area contributed by atoms with Crippen molar-refractivity contribution in [2.45, 2.75) is 18.9 Å². The molecule has 4 nitrogen and oxygen atoms in total. The lowest BCUT2D eigenvalue weighted by atomic mass is 9.97. The minimum atomic E-state index is -1.80. The van der Waals surface area contributed by atoms with Crippen molar-refractivity contribution in [2.75, 3.05) is 0 Å². The molecule has 1 aromatic carbocycles. The van der Waals surface area contributed by atoms with Crippen molar-refractivity contribution < 1.29 is 20.1 Å². The predicted octanol–water partition coefficient (Wildman–Crippen LogP) is 1.53. The zero-order valence-corrected chi connectivity index (χ0v) is 9.65. The van der Waals surface area contributed by atoms with E-state index in [-0.39, 0.29) is 12.2 Å². The van der Waals surface area contributed by atoms with E-state index in [2.05, 4.69) is 15.9 Å². The first-order valence-corrected chi connectivity index (χ1v) is 5.05. The van der Waals surface area contributed by atoms with Gasteiger partial charge in [-0.3, -0.25) is 0 Å². The molecular formula is C10H11BrO4. The van der Waals surface area contributed by atoms with Gasteiger partial charge in [0.05, 0.1) is 4.47 Å². The minimum Gasteiger partial charge on any atom is -0.507 e. The van der Waals surface area contributed by atoms with E-state index in [1.165, 1.54) is 13.0 Å². The fraction of sp³-hybridized carbons (Fsp3) is 0.300. The highest BCUT2D eigenvalue weighted by atomic mass is 79.9. The van der Waals surface area contributed by atoms with Crippen molar-refractivity contribution in [3.05, 3.63) is 28.2 Å². The SMILES string of the molecule is CC(O)(Cc1ccc(O)c(Br)c1)C(=O)O. The van der Waals surface area contributed by atoms with Crippen LogP contribution in [0, 0.1) is 0 Å². The summed E-state index contributed by atoms with van der Waals surface area (Å²) in [5, 5.41) is 27.5. The van der Waals surface area contributed by atoms with Crippen molar-refractivity contribution >= 4 is 21.9 Å². The summed E-state index contributed by atoms with van der Waals surface area (Å²) in [7, 11) is 0. The summed E-state index contributed by atoms with van der Waals surface area (Å²) in [5.41, 5.74) is -1.16. The van der Waals surface area contributed by atoms with E-state index in [0.29, 0.717) is 10.0 Å². The molecule has 82 valence electrons. The topological polar surface area (TPSA) is 77.8 Å². The number of hydrogen-bond acceptors (Lipinski definition) is 3. The molecule has 0 heterocycles. The Labute approximate surface area is 95.3 Å². The van der Waals surface area contributed by atoms with Crippen LogP contribution < -0.4 is 0 Å². The van der Waals surface area contributed by atoms with E-state index in [4.69, 9.17) is 5.11 Å². The van der Waals surface area contributed by atoms with E-state index in [1.807, 2.05) is 0 Å². The highest BCUT2D eigenvalue weighted by Crippen LogP contribution is 2.26. The molecule has 0 radical (unpaired) electrons. The maximum atomic E-state index is 10.7. The first-order chi connectivity index (χ1) is 6.83. The quantitative estimate of drug-likeness (QED) is 0.781. The van der Waals surface area contributed by atoms with Crippen LogP contribution in [0.3, 0.4) is 0 Å².